The van der Waals surface area contributed by atoms with E-state index in [1.54, 1.807) is 44.2 Å². The van der Waals surface area contributed by atoms with Crippen LogP contribution in [0.1, 0.15) is 37.9 Å². The number of carbonyl (C=O) groups excluding carboxylic acids is 1. The number of rotatable bonds is 12. The average Bonchev–Trinajstić information content (AvgIpc) is 3.27. The number of nitro benzene ring substituents is 1. The lowest BCUT2D eigenvalue weighted by Gasteiger charge is -2.27. The highest BCUT2D eigenvalue weighted by molar-refractivity contribution is 7.07. The number of benzene rings is 2. The van der Waals surface area contributed by atoms with Gasteiger partial charge in [-0.25, -0.2) is 9.79 Å². The second kappa shape index (κ2) is 13.4. The fraction of sp³-hybridized carbons (Fsp3) is 0.345. The van der Waals surface area contributed by atoms with Crippen molar-refractivity contribution in [3.05, 3.63) is 88.6 Å². The van der Waals surface area contributed by atoms with E-state index in [-0.39, 0.29) is 41.4 Å². The topological polar surface area (TPSA) is 141 Å². The SMILES string of the molecule is CCOc1ccc(/C=c2/sc3n(c2=O)[C@H](c2cccc(OC)c2OCC)C(C(=O)OCCOC)=C(C)N=3)cc1[N+](=O)[O-]. The predicted octanol–water partition coefficient (Wildman–Crippen LogP) is 3.14. The Morgan fingerprint density at radius 1 is 1.12 bits per heavy atom. The molecule has 1 aliphatic heterocycles. The zero-order chi connectivity index (χ0) is 30.4. The highest BCUT2D eigenvalue weighted by Gasteiger charge is 2.36. The summed E-state index contributed by atoms with van der Waals surface area (Å²) in [5, 5.41) is 11.6. The molecule has 0 bridgehead atoms. The van der Waals surface area contributed by atoms with Gasteiger partial charge >= 0.3 is 11.7 Å². The molecular weight excluding hydrogens is 566 g/mol. The number of hydrogen-bond donors (Lipinski definition) is 0. The molecule has 42 heavy (non-hydrogen) atoms. The van der Waals surface area contributed by atoms with Crippen LogP contribution in [0.15, 0.2) is 57.5 Å². The molecule has 0 N–H and O–H groups in total. The van der Waals surface area contributed by atoms with Gasteiger partial charge in [0.1, 0.15) is 12.6 Å². The van der Waals surface area contributed by atoms with Crippen LogP contribution in [0.25, 0.3) is 6.08 Å². The first-order valence-electron chi connectivity index (χ1n) is 13.1. The largest absolute Gasteiger partial charge is 0.493 e. The predicted molar refractivity (Wildman–Crippen MR) is 155 cm³/mol. The van der Waals surface area contributed by atoms with E-state index in [0.29, 0.717) is 39.7 Å². The average molecular weight is 598 g/mol. The zero-order valence-corrected chi connectivity index (χ0v) is 24.7. The monoisotopic (exact) mass is 597 g/mol. The van der Waals surface area contributed by atoms with E-state index >= 15 is 0 Å². The van der Waals surface area contributed by atoms with E-state index in [9.17, 15) is 19.7 Å². The standard InChI is InChI=1S/C29H31N3O9S/c1-6-39-21-12-11-18(15-20(21)32(35)36)16-23-27(33)31-25(19-9-8-10-22(38-5)26(19)40-7-2)24(17(3)30-29(31)42-23)28(34)41-14-13-37-4/h8-12,15-16,25H,6-7,13-14H2,1-5H3/b23-16+/t25-/m1/s1. The van der Waals surface area contributed by atoms with Crippen molar-refractivity contribution in [3.8, 4) is 17.2 Å². The van der Waals surface area contributed by atoms with Gasteiger partial charge in [-0.05, 0) is 44.5 Å². The van der Waals surface area contributed by atoms with Gasteiger partial charge < -0.3 is 23.7 Å². The molecule has 13 heteroatoms. The number of aromatic nitrogens is 1. The lowest BCUT2D eigenvalue weighted by atomic mass is 9.94. The maximum absolute atomic E-state index is 14.0. The van der Waals surface area contributed by atoms with Gasteiger partial charge in [-0.2, -0.15) is 0 Å². The summed E-state index contributed by atoms with van der Waals surface area (Å²) < 4.78 is 29.0. The first kappa shape index (κ1) is 30.5. The molecule has 1 aliphatic rings. The Morgan fingerprint density at radius 2 is 1.88 bits per heavy atom. The summed E-state index contributed by atoms with van der Waals surface area (Å²) in [5.41, 5.74) is 0.811. The van der Waals surface area contributed by atoms with E-state index in [0.717, 1.165) is 11.3 Å². The number of thiazole rings is 1. The van der Waals surface area contributed by atoms with Crippen LogP contribution in [-0.2, 0) is 14.3 Å². The lowest BCUT2D eigenvalue weighted by Crippen LogP contribution is -2.40. The maximum Gasteiger partial charge on any atom is 0.338 e. The van der Waals surface area contributed by atoms with Crippen molar-refractivity contribution >= 4 is 29.1 Å². The number of nitrogens with zero attached hydrogens (tertiary/aromatic N) is 3. The van der Waals surface area contributed by atoms with Gasteiger partial charge in [0, 0.05) is 18.7 Å². The van der Waals surface area contributed by atoms with Crippen molar-refractivity contribution in [1.29, 1.82) is 0 Å². The second-order valence-electron chi connectivity index (χ2n) is 8.94. The molecule has 0 amide bonds. The number of ether oxygens (including phenoxy) is 5. The number of para-hydroxylation sites is 1. The van der Waals surface area contributed by atoms with Gasteiger partial charge in [-0.3, -0.25) is 19.5 Å². The van der Waals surface area contributed by atoms with Gasteiger partial charge in [0.05, 0.1) is 47.7 Å². The van der Waals surface area contributed by atoms with Crippen molar-refractivity contribution in [1.82, 2.24) is 4.57 Å². The Labute approximate surface area is 245 Å². The number of nitro groups is 1. The maximum atomic E-state index is 14.0. The molecule has 0 radical (unpaired) electrons. The number of allylic oxidation sites excluding steroid dienone is 1. The Kier molecular flexibility index (Phi) is 9.76. The molecule has 0 saturated heterocycles. The Bertz CT molecular complexity index is 1710. The highest BCUT2D eigenvalue weighted by atomic mass is 32.1. The van der Waals surface area contributed by atoms with E-state index in [1.165, 1.54) is 30.9 Å². The third kappa shape index (κ3) is 6.06. The van der Waals surface area contributed by atoms with Gasteiger partial charge in [0.25, 0.3) is 5.56 Å². The van der Waals surface area contributed by atoms with Gasteiger partial charge in [0.2, 0.25) is 0 Å². The fourth-order valence-corrected chi connectivity index (χ4v) is 5.62. The number of hydrogen-bond acceptors (Lipinski definition) is 11. The molecule has 222 valence electrons. The molecule has 12 nitrogen and oxygen atoms in total. The Hall–Kier alpha value is -4.49. The summed E-state index contributed by atoms with van der Waals surface area (Å²) in [6.45, 7) is 6.00. The van der Waals surface area contributed by atoms with Crippen LogP contribution < -0.4 is 29.1 Å². The molecule has 0 fully saturated rings. The minimum atomic E-state index is -0.954. The third-order valence-electron chi connectivity index (χ3n) is 6.35. The molecule has 1 aromatic heterocycles. The van der Waals surface area contributed by atoms with Crippen molar-refractivity contribution in [2.75, 3.05) is 40.6 Å². The van der Waals surface area contributed by atoms with Crippen molar-refractivity contribution in [2.45, 2.75) is 26.8 Å². The van der Waals surface area contributed by atoms with Crippen LogP contribution in [0.5, 0.6) is 17.2 Å². The summed E-state index contributed by atoms with van der Waals surface area (Å²) in [6, 6.07) is 8.75. The molecule has 0 saturated carbocycles. The molecule has 0 unspecified atom stereocenters. The molecule has 4 rings (SSSR count). The fourth-order valence-electron chi connectivity index (χ4n) is 4.58. The number of methoxy groups -OCH3 is 2. The Morgan fingerprint density at radius 3 is 2.55 bits per heavy atom. The van der Waals surface area contributed by atoms with E-state index in [4.69, 9.17) is 23.7 Å². The summed E-state index contributed by atoms with van der Waals surface area (Å²) in [7, 11) is 3.00. The first-order valence-corrected chi connectivity index (χ1v) is 14.0. The Balaban J connectivity index is 1.95. The van der Waals surface area contributed by atoms with Gasteiger partial charge in [0.15, 0.2) is 22.0 Å². The first-order chi connectivity index (χ1) is 20.2. The number of carbonyl (C=O) groups is 1. The van der Waals surface area contributed by atoms with Crippen LogP contribution in [0.3, 0.4) is 0 Å². The van der Waals surface area contributed by atoms with E-state index in [1.807, 2.05) is 6.92 Å². The van der Waals surface area contributed by atoms with E-state index in [2.05, 4.69) is 4.99 Å². The van der Waals surface area contributed by atoms with Crippen molar-refractivity contribution < 1.29 is 33.4 Å². The minimum absolute atomic E-state index is 0.0101. The summed E-state index contributed by atoms with van der Waals surface area (Å²) in [6.07, 6.45) is 1.55. The van der Waals surface area contributed by atoms with Crippen LogP contribution in [0.4, 0.5) is 5.69 Å². The molecule has 2 aromatic carbocycles. The van der Waals surface area contributed by atoms with E-state index < -0.39 is 22.5 Å². The molecule has 0 spiro atoms. The molecule has 0 aliphatic carbocycles. The van der Waals surface area contributed by atoms with Crippen LogP contribution in [0.2, 0.25) is 0 Å². The van der Waals surface area contributed by atoms with Crippen LogP contribution >= 0.6 is 11.3 Å². The molecule has 2 heterocycles. The zero-order valence-electron chi connectivity index (χ0n) is 23.9. The minimum Gasteiger partial charge on any atom is -0.493 e. The number of fused-ring (bicyclic) bond motifs is 1. The summed E-state index contributed by atoms with van der Waals surface area (Å²) in [4.78, 5) is 43.5. The molecule has 3 aromatic rings. The molecule has 1 atom stereocenters. The van der Waals surface area contributed by atoms with Crippen molar-refractivity contribution in [3.63, 3.8) is 0 Å². The highest BCUT2D eigenvalue weighted by Crippen LogP contribution is 2.40. The number of esters is 1. The van der Waals surface area contributed by atoms with Gasteiger partial charge in [-0.15, -0.1) is 0 Å². The van der Waals surface area contributed by atoms with Crippen molar-refractivity contribution in [2.24, 2.45) is 4.99 Å². The lowest BCUT2D eigenvalue weighted by molar-refractivity contribution is -0.385. The van der Waals surface area contributed by atoms with Crippen LogP contribution in [-0.4, -0.2) is 56.1 Å². The van der Waals surface area contributed by atoms with Crippen LogP contribution in [0, 0.1) is 10.1 Å². The summed E-state index contributed by atoms with van der Waals surface area (Å²) in [5.74, 6) is 0.288. The normalized spacial score (nSPS) is 14.7. The quantitative estimate of drug-likeness (QED) is 0.133. The summed E-state index contributed by atoms with van der Waals surface area (Å²) >= 11 is 1.10. The second-order valence-corrected chi connectivity index (χ2v) is 9.95. The van der Waals surface area contributed by atoms with Gasteiger partial charge in [-0.1, -0.05) is 29.5 Å². The third-order valence-corrected chi connectivity index (χ3v) is 7.33. The molecular formula is C29H31N3O9S. The smallest absolute Gasteiger partial charge is 0.338 e.